The number of rotatable bonds is 22. The molecule has 11 rings (SSSR count). The fourth-order valence-electron chi connectivity index (χ4n) is 13.1. The number of carbonyl (C=O) groups is 6. The summed E-state index contributed by atoms with van der Waals surface area (Å²) in [5.74, 6) is 1.51. The first-order valence-corrected chi connectivity index (χ1v) is 40.0. The molecule has 0 fully saturated rings. The molecule has 24 nitrogen and oxygen atoms in total. The first-order valence-electron chi connectivity index (χ1n) is 37.5. The lowest BCUT2D eigenvalue weighted by molar-refractivity contribution is -0.123. The lowest BCUT2D eigenvalue weighted by Crippen LogP contribution is -2.41. The maximum absolute atomic E-state index is 13.3. The van der Waals surface area contributed by atoms with Crippen molar-refractivity contribution in [3.63, 3.8) is 0 Å². The number of hydrogen-bond donors (Lipinski definition) is 7. The van der Waals surface area contributed by atoms with E-state index in [2.05, 4.69) is 89.1 Å². The smallest absolute Gasteiger partial charge is 0.348 e. The van der Waals surface area contributed by atoms with Crippen molar-refractivity contribution in [2.45, 2.75) is 188 Å². The fourth-order valence-corrected chi connectivity index (χ4v) is 16.3. The van der Waals surface area contributed by atoms with Gasteiger partial charge < -0.3 is 29.3 Å². The van der Waals surface area contributed by atoms with Crippen molar-refractivity contribution in [1.29, 1.82) is 0 Å². The first kappa shape index (κ1) is 83.4. The number of aryl methyl sites for hydroxylation is 6. The van der Waals surface area contributed by atoms with E-state index in [0.717, 1.165) is 79.4 Å². The summed E-state index contributed by atoms with van der Waals surface area (Å²) in [6.45, 7) is 35.2. The molecule has 0 saturated heterocycles. The molecule has 3 amide bonds. The van der Waals surface area contributed by atoms with Gasteiger partial charge in [0.25, 0.3) is 16.7 Å². The average Bonchev–Trinajstić information content (AvgIpc) is 1.59. The van der Waals surface area contributed by atoms with Crippen LogP contribution < -0.4 is 47.7 Å². The Morgan fingerprint density at radius 2 is 0.789 bits per heavy atom. The molecule has 27 heteroatoms. The van der Waals surface area contributed by atoms with Crippen LogP contribution in [0.1, 0.15) is 216 Å². The van der Waals surface area contributed by atoms with Crippen molar-refractivity contribution < 1.29 is 43.0 Å². The quantitative estimate of drug-likeness (QED) is 0.0245. The molecule has 0 aliphatic carbocycles. The molecule has 0 bridgehead atoms. The topological polar surface area (TPSA) is 322 Å². The molecule has 0 radical (unpaired) electrons. The number of hydrogen-bond acceptors (Lipinski definition) is 21. The maximum atomic E-state index is 13.3. The fraction of sp³-hybridized carbons (Fsp3) is 0.488. The maximum Gasteiger partial charge on any atom is 0.348 e. The number of benzene rings is 2. The highest BCUT2D eigenvalue weighted by molar-refractivity contribution is 7.14. The van der Waals surface area contributed by atoms with Gasteiger partial charge in [0, 0.05) is 50.5 Å². The van der Waals surface area contributed by atoms with E-state index in [4.69, 9.17) is 24.2 Å². The molecule has 584 valence electrons. The summed E-state index contributed by atoms with van der Waals surface area (Å²) in [4.78, 5) is 145. The van der Waals surface area contributed by atoms with Gasteiger partial charge in [0.15, 0.2) is 0 Å². The Bertz CT molecular complexity index is 4540. The van der Waals surface area contributed by atoms with E-state index < -0.39 is 16.2 Å². The van der Waals surface area contributed by atoms with E-state index in [0.29, 0.717) is 94.4 Å². The standard InChI is InChI=1S/2C30H38N4O4S.C22H30N4O4S/c2*1-7-38-27(36)24-15-18(2)23(39-24)14-13-20-16-22-25(34(17-20)19(3)21-11-9-8-10-12-21)31-29(32-26(22)35)33-28(37)30(4,5)6;1-6-30-19(28)16-9-12(2)15(31-16)8-7-13-10-14-17(23-11-13)24-21(25-18(14)27)26-20(29)22(3,4)5/h2*8-12,15,19-20H,7,13-14,16-17H2,1-6H3,(H2,31,32,33,35,37);9,13H,6-8,10-11H2,1-5H3,(H3,23,24,25,26,27,29)/t19-,20+;19-,20-;/m11./s1. The van der Waals surface area contributed by atoms with Crippen LogP contribution in [0.4, 0.5) is 35.3 Å². The Labute approximate surface area is 649 Å². The van der Waals surface area contributed by atoms with Gasteiger partial charge in [-0.2, -0.15) is 15.0 Å². The van der Waals surface area contributed by atoms with E-state index in [1.165, 1.54) is 48.6 Å². The Balaban J connectivity index is 0.000000190. The van der Waals surface area contributed by atoms with Gasteiger partial charge in [-0.3, -0.25) is 59.7 Å². The molecule has 1 unspecified atom stereocenters. The molecule has 9 heterocycles. The number of esters is 3. The lowest BCUT2D eigenvalue weighted by Gasteiger charge is -2.39. The van der Waals surface area contributed by atoms with Crippen LogP contribution in [0.15, 0.2) is 93.2 Å². The van der Waals surface area contributed by atoms with Crippen LogP contribution in [0.3, 0.4) is 0 Å². The van der Waals surface area contributed by atoms with E-state index in [-0.39, 0.29) is 100.0 Å². The van der Waals surface area contributed by atoms with E-state index in [1.807, 2.05) is 117 Å². The van der Waals surface area contributed by atoms with Crippen LogP contribution in [-0.4, -0.2) is 105 Å². The van der Waals surface area contributed by atoms with Crippen LogP contribution >= 0.6 is 34.0 Å². The lowest BCUT2D eigenvalue weighted by atomic mass is 9.89. The molecule has 0 spiro atoms. The van der Waals surface area contributed by atoms with Crippen molar-refractivity contribution in [3.05, 3.63) is 184 Å². The summed E-state index contributed by atoms with van der Waals surface area (Å²) < 4.78 is 15.4. The number of carbonyl (C=O) groups excluding carboxylic acids is 6. The number of aromatic nitrogens is 6. The molecule has 0 saturated carbocycles. The third kappa shape index (κ3) is 21.7. The Kier molecular flexibility index (Phi) is 27.8. The molecular formula is C82H106N12O12S3. The number of amides is 3. The van der Waals surface area contributed by atoms with Crippen LogP contribution in [0.5, 0.6) is 0 Å². The SMILES string of the molecule is CCOC(=O)c1cc(C)c(CCC2CNc3nc(NC(=O)C(C)(C)C)[nH]c(=O)c3C2)s1.CCOC(=O)c1cc(C)c(CC[C@@H]2Cc3c(nc(NC(=O)C(C)(C)C)[nH]c3=O)N([C@H](C)c3ccccc3)C2)s1.CCOC(=O)c1cc(C)c(CC[C@H]2Cc3c(nc(NC(=O)C(C)(C)C)[nH]c3=O)N([C@H](C)c3ccccc3)C2)s1. The second-order valence-corrected chi connectivity index (χ2v) is 34.7. The zero-order valence-corrected chi connectivity index (χ0v) is 68.3. The van der Waals surface area contributed by atoms with Gasteiger partial charge in [0.1, 0.15) is 32.1 Å². The number of ether oxygens (including phenoxy) is 3. The third-order valence-electron chi connectivity index (χ3n) is 19.6. The minimum Gasteiger partial charge on any atom is -0.462 e. The number of nitrogens with one attached hydrogen (secondary N) is 7. The number of anilines is 6. The molecular weight excluding hydrogens is 1440 g/mol. The molecule has 2 aromatic carbocycles. The second-order valence-electron chi connectivity index (χ2n) is 31.3. The van der Waals surface area contributed by atoms with Crippen molar-refractivity contribution in [2.75, 3.05) is 70.5 Å². The van der Waals surface area contributed by atoms with Crippen LogP contribution in [-0.2, 0) is 67.1 Å². The molecule has 109 heavy (non-hydrogen) atoms. The summed E-state index contributed by atoms with van der Waals surface area (Å²) in [6, 6.07) is 26.0. The molecule has 3 aliphatic rings. The molecule has 5 atom stereocenters. The van der Waals surface area contributed by atoms with Gasteiger partial charge in [-0.1, -0.05) is 123 Å². The van der Waals surface area contributed by atoms with Gasteiger partial charge >= 0.3 is 17.9 Å². The minimum atomic E-state index is -0.621. The summed E-state index contributed by atoms with van der Waals surface area (Å²) in [7, 11) is 0. The average molecular weight is 1550 g/mol. The Morgan fingerprint density at radius 3 is 1.12 bits per heavy atom. The zero-order valence-electron chi connectivity index (χ0n) is 65.9. The van der Waals surface area contributed by atoms with Gasteiger partial charge in [-0.15, -0.1) is 34.0 Å². The van der Waals surface area contributed by atoms with Crippen molar-refractivity contribution in [2.24, 2.45) is 34.0 Å². The first-order chi connectivity index (χ1) is 51.5. The molecule has 3 aliphatic heterocycles. The highest BCUT2D eigenvalue weighted by atomic mass is 32.1. The van der Waals surface area contributed by atoms with E-state index in [1.54, 1.807) is 41.5 Å². The second kappa shape index (κ2) is 36.3. The van der Waals surface area contributed by atoms with Crippen molar-refractivity contribution in [3.8, 4) is 0 Å². The summed E-state index contributed by atoms with van der Waals surface area (Å²) in [5, 5.41) is 11.5. The Morgan fingerprint density at radius 1 is 0.477 bits per heavy atom. The van der Waals surface area contributed by atoms with Crippen LogP contribution in [0.2, 0.25) is 0 Å². The van der Waals surface area contributed by atoms with Crippen LogP contribution in [0.25, 0.3) is 0 Å². The number of aromatic amines is 3. The largest absolute Gasteiger partial charge is 0.462 e. The molecule has 7 N–H and O–H groups in total. The predicted octanol–water partition coefficient (Wildman–Crippen LogP) is 14.9. The minimum absolute atomic E-state index is 0.0212. The number of thiophene rings is 3. The van der Waals surface area contributed by atoms with Gasteiger partial charge in [-0.05, 0) is 177 Å². The monoisotopic (exact) mass is 1550 g/mol. The van der Waals surface area contributed by atoms with E-state index >= 15 is 0 Å². The number of H-pyrrole nitrogens is 3. The van der Waals surface area contributed by atoms with Gasteiger partial charge in [0.05, 0.1) is 48.6 Å². The Hall–Kier alpha value is -9.60. The number of fused-ring (bicyclic) bond motifs is 3. The summed E-state index contributed by atoms with van der Waals surface area (Å²) in [5.41, 5.74) is 4.90. The highest BCUT2D eigenvalue weighted by Gasteiger charge is 2.36. The highest BCUT2D eigenvalue weighted by Crippen LogP contribution is 2.39. The van der Waals surface area contributed by atoms with Gasteiger partial charge in [-0.25, -0.2) is 14.4 Å². The van der Waals surface area contributed by atoms with Gasteiger partial charge in [0.2, 0.25) is 35.6 Å². The molecule has 8 aromatic rings. The third-order valence-corrected chi connectivity index (χ3v) is 23.4. The summed E-state index contributed by atoms with van der Waals surface area (Å²) >= 11 is 4.46. The van der Waals surface area contributed by atoms with Crippen molar-refractivity contribution in [1.82, 2.24) is 29.9 Å². The van der Waals surface area contributed by atoms with Crippen LogP contribution in [0, 0.1) is 54.8 Å². The van der Waals surface area contributed by atoms with E-state index in [9.17, 15) is 43.2 Å². The number of nitrogens with zero attached hydrogens (tertiary/aromatic N) is 5. The molecule has 6 aromatic heterocycles. The predicted molar refractivity (Wildman–Crippen MR) is 433 cm³/mol. The normalized spacial score (nSPS) is 15.9. The summed E-state index contributed by atoms with van der Waals surface area (Å²) in [6.07, 6.45) is 6.89. The van der Waals surface area contributed by atoms with Crippen molar-refractivity contribution >= 4 is 105 Å². The zero-order chi connectivity index (χ0) is 79.4.